The van der Waals surface area contributed by atoms with Gasteiger partial charge in [-0.1, -0.05) is 55.9 Å². The van der Waals surface area contributed by atoms with Gasteiger partial charge in [0, 0.05) is 5.56 Å². The lowest BCUT2D eigenvalue weighted by Crippen LogP contribution is -1.92. The van der Waals surface area contributed by atoms with Crippen molar-refractivity contribution in [3.63, 3.8) is 0 Å². The van der Waals surface area contributed by atoms with E-state index in [2.05, 4.69) is 42.1 Å². The molecule has 0 radical (unpaired) electrons. The lowest BCUT2D eigenvalue weighted by molar-refractivity contribution is 0.899. The van der Waals surface area contributed by atoms with Gasteiger partial charge in [0.25, 0.3) is 0 Å². The minimum absolute atomic E-state index is 0.518. The summed E-state index contributed by atoms with van der Waals surface area (Å²) in [4.78, 5) is 5.38. The topological polar surface area (TPSA) is 54.0 Å². The highest BCUT2D eigenvalue weighted by atomic mass is 32.1. The summed E-state index contributed by atoms with van der Waals surface area (Å²) in [5, 5.41) is 14.9. The Hall–Kier alpha value is -2.19. The molecule has 0 bridgehead atoms. The third kappa shape index (κ3) is 2.43. The van der Waals surface area contributed by atoms with Crippen LogP contribution in [-0.2, 0) is 12.8 Å². The number of aromatic nitrogens is 3. The van der Waals surface area contributed by atoms with Gasteiger partial charge in [-0.05, 0) is 18.4 Å². The summed E-state index contributed by atoms with van der Waals surface area (Å²) in [6, 6.07) is 10.5. The molecule has 21 heavy (non-hydrogen) atoms. The number of hydrogen-bond donors (Lipinski definition) is 0. The molecule has 106 valence electrons. The number of hydrogen-bond acceptors (Lipinski definition) is 4. The lowest BCUT2D eigenvalue weighted by Gasteiger charge is -2.01. The molecule has 0 spiro atoms. The highest BCUT2D eigenvalue weighted by Gasteiger charge is 2.17. The van der Waals surface area contributed by atoms with Crippen molar-refractivity contribution < 1.29 is 0 Å². The Morgan fingerprint density at radius 2 is 2.00 bits per heavy atom. The van der Waals surface area contributed by atoms with Gasteiger partial charge in [-0.25, -0.2) is 4.98 Å². The van der Waals surface area contributed by atoms with E-state index in [0.29, 0.717) is 5.69 Å². The summed E-state index contributed by atoms with van der Waals surface area (Å²) in [6.45, 7) is 4.22. The van der Waals surface area contributed by atoms with E-state index >= 15 is 0 Å². The number of aryl methyl sites for hydroxylation is 2. The fourth-order valence-electron chi connectivity index (χ4n) is 2.35. The summed E-state index contributed by atoms with van der Waals surface area (Å²) in [5.41, 5.74) is 3.53. The van der Waals surface area contributed by atoms with E-state index in [1.54, 1.807) is 15.9 Å². The predicted octanol–water partition coefficient (Wildman–Crippen LogP) is 3.84. The van der Waals surface area contributed by atoms with E-state index in [-0.39, 0.29) is 0 Å². The molecule has 5 heteroatoms. The first-order valence-corrected chi connectivity index (χ1v) is 7.96. The number of fused-ring (bicyclic) bond motifs is 1. The fourth-order valence-corrected chi connectivity index (χ4v) is 3.18. The third-order valence-corrected chi connectivity index (χ3v) is 4.47. The first kappa shape index (κ1) is 13.8. The van der Waals surface area contributed by atoms with Crippen LogP contribution in [0.5, 0.6) is 0 Å². The standard InChI is InChI=1S/C16H16N4S/c1-3-5-11-6-8-12(9-7-11)15-13(10-17)20-16(18-15)21-14(4-2)19-20/h6-9H,3-5H2,1-2H3. The fraction of sp³-hybridized carbons (Fsp3) is 0.312. The minimum atomic E-state index is 0.518. The van der Waals surface area contributed by atoms with E-state index in [9.17, 15) is 5.26 Å². The molecule has 0 aliphatic heterocycles. The molecule has 3 aromatic rings. The molecule has 2 heterocycles. The second-order valence-electron chi connectivity index (χ2n) is 4.91. The Bertz CT molecular complexity index is 805. The molecule has 3 rings (SSSR count). The summed E-state index contributed by atoms with van der Waals surface area (Å²) in [7, 11) is 0. The second kappa shape index (κ2) is 5.66. The highest BCUT2D eigenvalue weighted by Crippen LogP contribution is 2.27. The Labute approximate surface area is 127 Å². The molecule has 4 nitrogen and oxygen atoms in total. The number of nitrogens with zero attached hydrogens (tertiary/aromatic N) is 4. The third-order valence-electron chi connectivity index (χ3n) is 3.42. The van der Waals surface area contributed by atoms with Gasteiger partial charge >= 0.3 is 0 Å². The average molecular weight is 296 g/mol. The molecular formula is C16H16N4S. The number of imidazole rings is 1. The minimum Gasteiger partial charge on any atom is -0.216 e. The number of benzene rings is 1. The molecule has 1 aromatic carbocycles. The maximum Gasteiger partial charge on any atom is 0.214 e. The Morgan fingerprint density at radius 3 is 2.62 bits per heavy atom. The van der Waals surface area contributed by atoms with Crippen molar-refractivity contribution >= 4 is 16.3 Å². The van der Waals surface area contributed by atoms with Crippen LogP contribution in [0.4, 0.5) is 0 Å². The highest BCUT2D eigenvalue weighted by molar-refractivity contribution is 7.16. The first-order valence-electron chi connectivity index (χ1n) is 7.14. The van der Waals surface area contributed by atoms with Crippen molar-refractivity contribution in [3.8, 4) is 17.3 Å². The number of rotatable bonds is 4. The van der Waals surface area contributed by atoms with Crippen molar-refractivity contribution in [2.75, 3.05) is 0 Å². The molecule has 0 saturated heterocycles. The van der Waals surface area contributed by atoms with Crippen LogP contribution >= 0.6 is 11.3 Å². The normalized spacial score (nSPS) is 10.9. The first-order chi connectivity index (χ1) is 10.3. The van der Waals surface area contributed by atoms with Crippen LogP contribution in [0.15, 0.2) is 24.3 Å². The van der Waals surface area contributed by atoms with E-state index in [1.165, 1.54) is 5.56 Å². The van der Waals surface area contributed by atoms with Gasteiger partial charge in [-0.3, -0.25) is 0 Å². The molecule has 0 fully saturated rings. The molecule has 2 aromatic heterocycles. The van der Waals surface area contributed by atoms with Crippen LogP contribution in [0.2, 0.25) is 0 Å². The SMILES string of the molecule is CCCc1ccc(-c2nc3sc(CC)nn3c2C#N)cc1. The van der Waals surface area contributed by atoms with Crippen molar-refractivity contribution in [1.29, 1.82) is 5.26 Å². The van der Waals surface area contributed by atoms with Crippen molar-refractivity contribution in [2.45, 2.75) is 33.1 Å². The van der Waals surface area contributed by atoms with Crippen molar-refractivity contribution in [2.24, 2.45) is 0 Å². The van der Waals surface area contributed by atoms with Crippen molar-refractivity contribution in [1.82, 2.24) is 14.6 Å². The second-order valence-corrected chi connectivity index (χ2v) is 5.95. The molecular weight excluding hydrogens is 280 g/mol. The van der Waals surface area contributed by atoms with Gasteiger partial charge in [-0.15, -0.1) is 0 Å². The maximum absolute atomic E-state index is 9.44. The quantitative estimate of drug-likeness (QED) is 0.735. The van der Waals surface area contributed by atoms with Crippen LogP contribution in [0.25, 0.3) is 16.2 Å². The number of nitriles is 1. The predicted molar refractivity (Wildman–Crippen MR) is 84.4 cm³/mol. The van der Waals surface area contributed by atoms with Gasteiger partial charge in [0.15, 0.2) is 5.69 Å². The van der Waals surface area contributed by atoms with Crippen LogP contribution in [0, 0.1) is 11.3 Å². The molecule has 0 aliphatic carbocycles. The zero-order valence-corrected chi connectivity index (χ0v) is 12.9. The Morgan fingerprint density at radius 1 is 1.24 bits per heavy atom. The van der Waals surface area contributed by atoms with Crippen LogP contribution < -0.4 is 0 Å². The zero-order chi connectivity index (χ0) is 14.8. The molecule has 0 aliphatic rings. The van der Waals surface area contributed by atoms with Crippen LogP contribution in [-0.4, -0.2) is 14.6 Å². The molecule has 0 amide bonds. The summed E-state index contributed by atoms with van der Waals surface area (Å²) in [5.74, 6) is 0. The zero-order valence-electron chi connectivity index (χ0n) is 12.1. The van der Waals surface area contributed by atoms with Crippen LogP contribution in [0.3, 0.4) is 0 Å². The molecule has 0 saturated carbocycles. The maximum atomic E-state index is 9.44. The van der Waals surface area contributed by atoms with E-state index in [0.717, 1.165) is 40.5 Å². The van der Waals surface area contributed by atoms with Gasteiger partial charge < -0.3 is 0 Å². The monoisotopic (exact) mass is 296 g/mol. The van der Waals surface area contributed by atoms with Gasteiger partial charge in [0.1, 0.15) is 16.8 Å². The largest absolute Gasteiger partial charge is 0.216 e. The van der Waals surface area contributed by atoms with Crippen molar-refractivity contribution in [3.05, 3.63) is 40.5 Å². The van der Waals surface area contributed by atoms with Gasteiger partial charge in [0.05, 0.1) is 0 Å². The summed E-state index contributed by atoms with van der Waals surface area (Å²) in [6.07, 6.45) is 3.07. The molecule has 0 atom stereocenters. The van der Waals surface area contributed by atoms with Crippen LogP contribution in [0.1, 0.15) is 36.5 Å². The lowest BCUT2D eigenvalue weighted by atomic mass is 10.1. The molecule has 0 unspecified atom stereocenters. The van der Waals surface area contributed by atoms with E-state index < -0.39 is 0 Å². The summed E-state index contributed by atoms with van der Waals surface area (Å²) >= 11 is 1.54. The molecule has 0 N–H and O–H groups in total. The van der Waals surface area contributed by atoms with E-state index in [1.807, 2.05) is 12.1 Å². The smallest absolute Gasteiger partial charge is 0.214 e. The average Bonchev–Trinajstić information content (AvgIpc) is 3.05. The Balaban J connectivity index is 2.07. The summed E-state index contributed by atoms with van der Waals surface area (Å²) < 4.78 is 1.67. The van der Waals surface area contributed by atoms with E-state index in [4.69, 9.17) is 0 Å². The van der Waals surface area contributed by atoms with Gasteiger partial charge in [0.2, 0.25) is 4.96 Å². The van der Waals surface area contributed by atoms with Gasteiger partial charge in [-0.2, -0.15) is 14.9 Å². The Kier molecular flexibility index (Phi) is 3.72.